The van der Waals surface area contributed by atoms with Crippen molar-refractivity contribution in [3.8, 4) is 0 Å². The predicted octanol–water partition coefficient (Wildman–Crippen LogP) is 0.528. The van der Waals surface area contributed by atoms with E-state index in [0.717, 1.165) is 12.2 Å². The van der Waals surface area contributed by atoms with Gasteiger partial charge in [0.1, 0.15) is 6.04 Å². The van der Waals surface area contributed by atoms with Crippen LogP contribution in [0.2, 0.25) is 0 Å². The first-order valence-corrected chi connectivity index (χ1v) is 6.50. The maximum absolute atomic E-state index is 11.6. The number of hydrogen-bond acceptors (Lipinski definition) is 3. The molecule has 2 atom stereocenters. The highest BCUT2D eigenvalue weighted by molar-refractivity contribution is 5.94. The molecule has 0 fully saturated rings. The molecule has 1 rings (SSSR count). The number of nitrogens with one attached hydrogen (secondary N) is 2. The van der Waals surface area contributed by atoms with Gasteiger partial charge in [0.05, 0.1) is 6.26 Å². The van der Waals surface area contributed by atoms with Crippen LogP contribution in [-0.4, -0.2) is 24.5 Å². The zero-order valence-electron chi connectivity index (χ0n) is 11.6. The highest BCUT2D eigenvalue weighted by Crippen LogP contribution is 2.07. The summed E-state index contributed by atoms with van der Waals surface area (Å²) in [6.07, 6.45) is 2.42. The van der Waals surface area contributed by atoms with Crippen molar-refractivity contribution in [3.05, 3.63) is 24.2 Å². The Hall–Kier alpha value is -1.82. The lowest BCUT2D eigenvalue weighted by Crippen LogP contribution is -2.87. The van der Waals surface area contributed by atoms with Gasteiger partial charge in [0.15, 0.2) is 12.3 Å². The standard InChI is InChI=1S/C13H21N3O3/c1-4-9(2)15-13(18)16-12(17)8-14-10(3)11-6-5-7-19-11/h5-7,9-10,14H,4,8H2,1-3H3,(H2,15,16,17,18)/p+1/t9-,10-/m0/s1. The van der Waals surface area contributed by atoms with Crippen LogP contribution in [-0.2, 0) is 4.79 Å². The lowest BCUT2D eigenvalue weighted by Gasteiger charge is -2.12. The molecule has 6 nitrogen and oxygen atoms in total. The summed E-state index contributed by atoms with van der Waals surface area (Å²) in [4.78, 5) is 23.0. The first-order valence-electron chi connectivity index (χ1n) is 6.50. The second-order valence-corrected chi connectivity index (χ2v) is 4.57. The molecule has 0 radical (unpaired) electrons. The number of rotatable bonds is 6. The first-order chi connectivity index (χ1) is 9.02. The fourth-order valence-electron chi connectivity index (χ4n) is 1.49. The summed E-state index contributed by atoms with van der Waals surface area (Å²) in [5.74, 6) is 0.482. The Bertz CT molecular complexity index is 403. The number of amides is 3. The molecule has 0 spiro atoms. The minimum absolute atomic E-state index is 0.0402. The molecule has 19 heavy (non-hydrogen) atoms. The molecule has 0 saturated carbocycles. The molecular weight excluding hydrogens is 246 g/mol. The molecule has 1 heterocycles. The Morgan fingerprint density at radius 1 is 1.42 bits per heavy atom. The Morgan fingerprint density at radius 3 is 2.74 bits per heavy atom. The fourth-order valence-corrected chi connectivity index (χ4v) is 1.49. The monoisotopic (exact) mass is 268 g/mol. The average molecular weight is 268 g/mol. The highest BCUT2D eigenvalue weighted by atomic mass is 16.3. The zero-order valence-corrected chi connectivity index (χ0v) is 11.6. The van der Waals surface area contributed by atoms with E-state index in [0.29, 0.717) is 0 Å². The molecule has 0 unspecified atom stereocenters. The lowest BCUT2D eigenvalue weighted by atomic mass is 10.2. The molecule has 1 aromatic heterocycles. The van der Waals surface area contributed by atoms with Gasteiger partial charge >= 0.3 is 6.03 Å². The van der Waals surface area contributed by atoms with Crippen LogP contribution in [0.1, 0.15) is 39.0 Å². The second kappa shape index (κ2) is 7.58. The van der Waals surface area contributed by atoms with Gasteiger partial charge in [-0.2, -0.15) is 0 Å². The predicted molar refractivity (Wildman–Crippen MR) is 70.3 cm³/mol. The summed E-state index contributed by atoms with van der Waals surface area (Å²) in [6, 6.07) is 3.31. The second-order valence-electron chi connectivity index (χ2n) is 4.57. The summed E-state index contributed by atoms with van der Waals surface area (Å²) in [7, 11) is 0. The number of imide groups is 1. The largest absolute Gasteiger partial charge is 0.463 e. The molecule has 3 amide bonds. The first kappa shape index (κ1) is 15.2. The van der Waals surface area contributed by atoms with Crippen LogP contribution in [0.3, 0.4) is 0 Å². The quantitative estimate of drug-likeness (QED) is 0.703. The minimum atomic E-state index is -0.446. The lowest BCUT2D eigenvalue weighted by molar-refractivity contribution is -0.684. The molecule has 106 valence electrons. The third-order valence-corrected chi connectivity index (χ3v) is 2.89. The van der Waals surface area contributed by atoms with Gasteiger partial charge in [-0.3, -0.25) is 10.1 Å². The third kappa shape index (κ3) is 5.56. The molecule has 6 heteroatoms. The van der Waals surface area contributed by atoms with Gasteiger partial charge in [-0.05, 0) is 32.4 Å². The molecule has 0 saturated heterocycles. The van der Waals surface area contributed by atoms with Gasteiger partial charge in [0, 0.05) is 6.04 Å². The topological polar surface area (TPSA) is 88.0 Å². The Balaban J connectivity index is 2.26. The van der Waals surface area contributed by atoms with Crippen molar-refractivity contribution in [2.45, 2.75) is 39.3 Å². The normalized spacial score (nSPS) is 13.6. The summed E-state index contributed by atoms with van der Waals surface area (Å²) in [6.45, 7) is 5.96. The van der Waals surface area contributed by atoms with Crippen LogP contribution in [0.5, 0.6) is 0 Å². The van der Waals surface area contributed by atoms with Crippen molar-refractivity contribution in [2.75, 3.05) is 6.54 Å². The van der Waals surface area contributed by atoms with E-state index in [1.165, 1.54) is 0 Å². The maximum atomic E-state index is 11.6. The molecular formula is C13H22N3O3+. The molecule has 0 bridgehead atoms. The van der Waals surface area contributed by atoms with Crippen molar-refractivity contribution >= 4 is 11.9 Å². The van der Waals surface area contributed by atoms with Gasteiger partial charge in [0.25, 0.3) is 5.91 Å². The van der Waals surface area contributed by atoms with Crippen molar-refractivity contribution < 1.29 is 19.3 Å². The minimum Gasteiger partial charge on any atom is -0.463 e. The number of furan rings is 1. The highest BCUT2D eigenvalue weighted by Gasteiger charge is 2.15. The van der Waals surface area contributed by atoms with E-state index in [2.05, 4.69) is 10.6 Å². The van der Waals surface area contributed by atoms with Gasteiger partial charge in [-0.15, -0.1) is 0 Å². The number of nitrogens with two attached hydrogens (primary N) is 1. The SMILES string of the molecule is CC[C@H](C)NC(=O)NC(=O)C[NH2+][C@@H](C)c1ccco1. The van der Waals surface area contributed by atoms with E-state index in [-0.39, 0.29) is 24.5 Å². The molecule has 0 aliphatic heterocycles. The van der Waals surface area contributed by atoms with E-state index in [4.69, 9.17) is 4.42 Å². The molecule has 0 aliphatic rings. The van der Waals surface area contributed by atoms with Crippen LogP contribution in [0.4, 0.5) is 4.79 Å². The van der Waals surface area contributed by atoms with E-state index in [1.54, 1.807) is 12.3 Å². The summed E-state index contributed by atoms with van der Waals surface area (Å²) in [5.41, 5.74) is 0. The summed E-state index contributed by atoms with van der Waals surface area (Å²) in [5, 5.41) is 6.78. The van der Waals surface area contributed by atoms with Gasteiger partial charge in [-0.25, -0.2) is 4.79 Å². The van der Waals surface area contributed by atoms with Crippen LogP contribution in [0.15, 0.2) is 22.8 Å². The van der Waals surface area contributed by atoms with Gasteiger partial charge in [0.2, 0.25) is 0 Å². The Kier molecular flexibility index (Phi) is 6.08. The number of quaternary nitrogens is 1. The van der Waals surface area contributed by atoms with E-state index < -0.39 is 6.03 Å². The average Bonchev–Trinajstić information content (AvgIpc) is 2.89. The number of carbonyl (C=O) groups excluding carboxylic acids is 2. The van der Waals surface area contributed by atoms with E-state index >= 15 is 0 Å². The molecule has 1 aromatic rings. The van der Waals surface area contributed by atoms with E-state index in [1.807, 2.05) is 32.2 Å². The smallest absolute Gasteiger partial charge is 0.321 e. The molecule has 0 aromatic carbocycles. The van der Waals surface area contributed by atoms with Crippen molar-refractivity contribution in [2.24, 2.45) is 0 Å². The number of urea groups is 1. The van der Waals surface area contributed by atoms with Gasteiger partial charge in [-0.1, -0.05) is 6.92 Å². The van der Waals surface area contributed by atoms with E-state index in [9.17, 15) is 9.59 Å². The van der Waals surface area contributed by atoms with Gasteiger partial charge < -0.3 is 15.1 Å². The zero-order chi connectivity index (χ0) is 14.3. The maximum Gasteiger partial charge on any atom is 0.321 e. The molecule has 0 aliphatic carbocycles. The summed E-state index contributed by atoms with van der Waals surface area (Å²) < 4.78 is 5.23. The Morgan fingerprint density at radius 2 is 2.16 bits per heavy atom. The Labute approximate surface area is 112 Å². The number of hydrogen-bond donors (Lipinski definition) is 3. The summed E-state index contributed by atoms with van der Waals surface area (Å²) >= 11 is 0. The number of carbonyl (C=O) groups is 2. The van der Waals surface area contributed by atoms with Crippen LogP contribution < -0.4 is 16.0 Å². The van der Waals surface area contributed by atoms with Crippen LogP contribution in [0, 0.1) is 0 Å². The van der Waals surface area contributed by atoms with Crippen LogP contribution in [0.25, 0.3) is 0 Å². The third-order valence-electron chi connectivity index (χ3n) is 2.89. The molecule has 4 N–H and O–H groups in total. The van der Waals surface area contributed by atoms with Crippen molar-refractivity contribution in [3.63, 3.8) is 0 Å². The van der Waals surface area contributed by atoms with Crippen molar-refractivity contribution in [1.82, 2.24) is 10.6 Å². The fraction of sp³-hybridized carbons (Fsp3) is 0.538. The van der Waals surface area contributed by atoms with Crippen LogP contribution >= 0.6 is 0 Å². The van der Waals surface area contributed by atoms with Crippen molar-refractivity contribution in [1.29, 1.82) is 0 Å².